The van der Waals surface area contributed by atoms with E-state index in [0.717, 1.165) is 28.0 Å². The number of benzene rings is 1. The van der Waals surface area contributed by atoms with Crippen LogP contribution in [0.4, 0.5) is 0 Å². The van der Waals surface area contributed by atoms with Crippen LogP contribution in [0.15, 0.2) is 67.4 Å². The molecule has 0 amide bonds. The zero-order valence-corrected chi connectivity index (χ0v) is 11.1. The van der Waals surface area contributed by atoms with Gasteiger partial charge in [-0.15, -0.1) is 0 Å². The molecule has 3 heterocycles. The Labute approximate surface area is 120 Å². The van der Waals surface area contributed by atoms with E-state index in [1.54, 1.807) is 23.4 Å². The molecule has 0 radical (unpaired) electrons. The first-order valence-electron chi connectivity index (χ1n) is 6.57. The monoisotopic (exact) mass is 273 g/mol. The molecular weight excluding hydrogens is 262 g/mol. The van der Waals surface area contributed by atoms with Crippen molar-refractivity contribution in [2.24, 2.45) is 0 Å². The maximum atomic E-state index is 4.35. The Kier molecular flexibility index (Phi) is 2.67. The summed E-state index contributed by atoms with van der Waals surface area (Å²) in [6.45, 7) is 0. The first-order valence-corrected chi connectivity index (χ1v) is 6.57. The van der Waals surface area contributed by atoms with Crippen molar-refractivity contribution in [3.05, 3.63) is 67.4 Å². The van der Waals surface area contributed by atoms with Crippen molar-refractivity contribution in [1.29, 1.82) is 0 Å². The van der Waals surface area contributed by atoms with Gasteiger partial charge in [-0.05, 0) is 24.3 Å². The molecule has 5 heteroatoms. The van der Waals surface area contributed by atoms with Crippen molar-refractivity contribution in [1.82, 2.24) is 24.7 Å². The summed E-state index contributed by atoms with van der Waals surface area (Å²) in [6, 6.07) is 13.9. The first-order chi connectivity index (χ1) is 10.4. The maximum absolute atomic E-state index is 4.35. The van der Waals surface area contributed by atoms with Gasteiger partial charge < -0.3 is 0 Å². The second-order valence-corrected chi connectivity index (χ2v) is 4.62. The third-order valence-electron chi connectivity index (χ3n) is 3.29. The molecule has 21 heavy (non-hydrogen) atoms. The number of aromatic nitrogens is 5. The molecule has 3 aromatic heterocycles. The van der Waals surface area contributed by atoms with Gasteiger partial charge in [0.1, 0.15) is 6.33 Å². The van der Waals surface area contributed by atoms with Crippen molar-refractivity contribution in [2.75, 3.05) is 0 Å². The summed E-state index contributed by atoms with van der Waals surface area (Å²) in [7, 11) is 0. The lowest BCUT2D eigenvalue weighted by Crippen LogP contribution is -1.99. The third kappa shape index (κ3) is 2.14. The van der Waals surface area contributed by atoms with Gasteiger partial charge in [0.25, 0.3) is 0 Å². The molecule has 0 spiro atoms. The minimum Gasteiger partial charge on any atom is -0.256 e. The zero-order valence-electron chi connectivity index (χ0n) is 11.1. The standard InChI is InChI=1S/C16H11N5/c1-3-12-9-13(4-5-14(12)17-6-1)15-10-16(19-11-18-15)21-8-2-7-20-21/h1-11H. The van der Waals surface area contributed by atoms with Gasteiger partial charge in [0.05, 0.1) is 11.2 Å². The van der Waals surface area contributed by atoms with E-state index in [1.807, 2.05) is 42.6 Å². The Morgan fingerprint density at radius 1 is 0.857 bits per heavy atom. The smallest absolute Gasteiger partial charge is 0.157 e. The van der Waals surface area contributed by atoms with E-state index in [9.17, 15) is 0 Å². The molecule has 100 valence electrons. The molecule has 4 aromatic rings. The Morgan fingerprint density at radius 3 is 2.76 bits per heavy atom. The van der Waals surface area contributed by atoms with E-state index < -0.39 is 0 Å². The van der Waals surface area contributed by atoms with Crippen LogP contribution in [0.1, 0.15) is 0 Å². The Morgan fingerprint density at radius 2 is 1.86 bits per heavy atom. The number of hydrogen-bond acceptors (Lipinski definition) is 4. The first kappa shape index (κ1) is 11.7. The SMILES string of the molecule is c1cnc2ccc(-c3cc(-n4cccn4)ncn3)cc2c1. The van der Waals surface area contributed by atoms with Crippen molar-refractivity contribution in [3.63, 3.8) is 0 Å². The molecule has 0 aliphatic heterocycles. The molecule has 4 rings (SSSR count). The van der Waals surface area contributed by atoms with Crippen LogP contribution in [-0.4, -0.2) is 24.7 Å². The second kappa shape index (κ2) is 4.79. The van der Waals surface area contributed by atoms with E-state index in [0.29, 0.717) is 0 Å². The highest BCUT2D eigenvalue weighted by Crippen LogP contribution is 2.22. The molecule has 0 saturated heterocycles. The van der Waals surface area contributed by atoms with E-state index in [4.69, 9.17) is 0 Å². The minimum absolute atomic E-state index is 0.747. The van der Waals surface area contributed by atoms with Crippen LogP contribution in [0.2, 0.25) is 0 Å². The van der Waals surface area contributed by atoms with Gasteiger partial charge in [0, 0.05) is 35.6 Å². The van der Waals surface area contributed by atoms with Crippen molar-refractivity contribution < 1.29 is 0 Å². The van der Waals surface area contributed by atoms with Crippen molar-refractivity contribution in [3.8, 4) is 17.1 Å². The van der Waals surface area contributed by atoms with E-state index in [2.05, 4.69) is 26.1 Å². The molecular formula is C16H11N5. The molecule has 0 saturated carbocycles. The number of rotatable bonds is 2. The summed E-state index contributed by atoms with van der Waals surface area (Å²) in [6.07, 6.45) is 6.93. The van der Waals surface area contributed by atoms with Gasteiger partial charge in [0.15, 0.2) is 5.82 Å². The van der Waals surface area contributed by atoms with Gasteiger partial charge in [-0.3, -0.25) is 4.98 Å². The van der Waals surface area contributed by atoms with Crippen LogP contribution in [0.25, 0.3) is 28.0 Å². The van der Waals surface area contributed by atoms with Crippen LogP contribution in [-0.2, 0) is 0 Å². The molecule has 0 fully saturated rings. The lowest BCUT2D eigenvalue weighted by molar-refractivity contribution is 0.840. The molecule has 5 nitrogen and oxygen atoms in total. The predicted molar refractivity (Wildman–Crippen MR) is 79.9 cm³/mol. The quantitative estimate of drug-likeness (QED) is 0.563. The van der Waals surface area contributed by atoms with E-state index >= 15 is 0 Å². The lowest BCUT2D eigenvalue weighted by Gasteiger charge is -2.05. The number of pyridine rings is 1. The van der Waals surface area contributed by atoms with Crippen molar-refractivity contribution >= 4 is 10.9 Å². The maximum Gasteiger partial charge on any atom is 0.157 e. The van der Waals surface area contributed by atoms with E-state index in [1.165, 1.54) is 0 Å². The van der Waals surface area contributed by atoms with E-state index in [-0.39, 0.29) is 0 Å². The molecule has 0 aliphatic rings. The fourth-order valence-corrected chi connectivity index (χ4v) is 2.27. The largest absolute Gasteiger partial charge is 0.256 e. The summed E-state index contributed by atoms with van der Waals surface area (Å²) in [5.41, 5.74) is 2.87. The fraction of sp³-hybridized carbons (Fsp3) is 0. The Hall–Kier alpha value is -3.08. The topological polar surface area (TPSA) is 56.5 Å². The van der Waals surface area contributed by atoms with Gasteiger partial charge in [-0.1, -0.05) is 12.1 Å². The van der Waals surface area contributed by atoms with Crippen molar-refractivity contribution in [2.45, 2.75) is 0 Å². The van der Waals surface area contributed by atoms with Gasteiger partial charge in [-0.2, -0.15) is 5.10 Å². The van der Waals surface area contributed by atoms with Gasteiger partial charge in [-0.25, -0.2) is 14.6 Å². The number of nitrogens with zero attached hydrogens (tertiary/aromatic N) is 5. The lowest BCUT2D eigenvalue weighted by atomic mass is 10.1. The predicted octanol–water partition coefficient (Wildman–Crippen LogP) is 2.88. The highest BCUT2D eigenvalue weighted by molar-refractivity contribution is 5.83. The Bertz CT molecular complexity index is 899. The van der Waals surface area contributed by atoms with Crippen LogP contribution in [0.3, 0.4) is 0 Å². The summed E-state index contributed by atoms with van der Waals surface area (Å²) < 4.78 is 1.72. The van der Waals surface area contributed by atoms with Gasteiger partial charge in [0.2, 0.25) is 0 Å². The summed E-state index contributed by atoms with van der Waals surface area (Å²) in [5, 5.41) is 5.28. The summed E-state index contributed by atoms with van der Waals surface area (Å²) in [5.74, 6) is 0.747. The highest BCUT2D eigenvalue weighted by atomic mass is 15.3. The summed E-state index contributed by atoms with van der Waals surface area (Å²) >= 11 is 0. The molecule has 0 unspecified atom stereocenters. The normalized spacial score (nSPS) is 10.9. The molecule has 1 aromatic carbocycles. The van der Waals surface area contributed by atoms with Crippen LogP contribution >= 0.6 is 0 Å². The fourth-order valence-electron chi connectivity index (χ4n) is 2.27. The Balaban J connectivity index is 1.83. The highest BCUT2D eigenvalue weighted by Gasteiger charge is 2.05. The third-order valence-corrected chi connectivity index (χ3v) is 3.29. The average molecular weight is 273 g/mol. The molecule has 0 bridgehead atoms. The molecule has 0 aliphatic carbocycles. The van der Waals surface area contributed by atoms with Gasteiger partial charge >= 0.3 is 0 Å². The van der Waals surface area contributed by atoms with Crippen LogP contribution in [0, 0.1) is 0 Å². The number of fused-ring (bicyclic) bond motifs is 1. The average Bonchev–Trinajstić information content (AvgIpc) is 3.09. The second-order valence-electron chi connectivity index (χ2n) is 4.62. The minimum atomic E-state index is 0.747. The molecule has 0 N–H and O–H groups in total. The van der Waals surface area contributed by atoms with Crippen LogP contribution in [0.5, 0.6) is 0 Å². The van der Waals surface area contributed by atoms with Crippen LogP contribution < -0.4 is 0 Å². The molecule has 0 atom stereocenters. The summed E-state index contributed by atoms with van der Waals surface area (Å²) in [4.78, 5) is 12.9. The number of hydrogen-bond donors (Lipinski definition) is 0. The zero-order chi connectivity index (χ0) is 14.1.